The van der Waals surface area contributed by atoms with Gasteiger partial charge in [-0.25, -0.2) is 9.78 Å². The van der Waals surface area contributed by atoms with Gasteiger partial charge in [0.1, 0.15) is 16.3 Å². The fourth-order valence-electron chi connectivity index (χ4n) is 2.49. The third kappa shape index (κ3) is 4.06. The van der Waals surface area contributed by atoms with Crippen LogP contribution in [-0.4, -0.2) is 33.3 Å². The summed E-state index contributed by atoms with van der Waals surface area (Å²) < 4.78 is 0. The highest BCUT2D eigenvalue weighted by molar-refractivity contribution is 7.11. The normalized spacial score (nSPS) is 10.8. The van der Waals surface area contributed by atoms with Gasteiger partial charge in [0.15, 0.2) is 0 Å². The molecule has 0 aliphatic carbocycles. The molecule has 7 heteroatoms. The number of hydrogen-bond donors (Lipinski definition) is 3. The van der Waals surface area contributed by atoms with Gasteiger partial charge in [-0.2, -0.15) is 0 Å². The van der Waals surface area contributed by atoms with Crippen LogP contribution in [0.4, 0.5) is 5.69 Å². The smallest absolute Gasteiger partial charge is 0.339 e. The molecule has 0 atom stereocenters. The molecule has 0 aliphatic heterocycles. The van der Waals surface area contributed by atoms with E-state index in [-0.39, 0.29) is 11.3 Å². The molecule has 1 aromatic heterocycles. The Hall–Kier alpha value is -3.54. The minimum Gasteiger partial charge on any atom is -0.507 e. The van der Waals surface area contributed by atoms with Gasteiger partial charge < -0.3 is 10.2 Å². The molecule has 0 saturated carbocycles. The second kappa shape index (κ2) is 8.00. The van der Waals surface area contributed by atoms with Gasteiger partial charge in [-0.05, 0) is 55.1 Å². The number of rotatable bonds is 5. The number of allylic oxidation sites excluding steroid dienone is 1. The van der Waals surface area contributed by atoms with E-state index < -0.39 is 5.97 Å². The predicted octanol–water partition coefficient (Wildman–Crippen LogP) is 4.87. The molecule has 3 aromatic rings. The Labute approximate surface area is 165 Å². The predicted molar refractivity (Wildman–Crippen MR) is 111 cm³/mol. The number of aryl methyl sites for hydroxylation is 2. The van der Waals surface area contributed by atoms with E-state index in [1.54, 1.807) is 0 Å². The molecule has 0 radical (unpaired) electrons. The molecule has 0 bridgehead atoms. The molecule has 0 saturated heterocycles. The maximum absolute atomic E-state index is 11.1. The first-order valence-electron chi connectivity index (χ1n) is 8.32. The number of benzene rings is 2. The Bertz CT molecular complexity index is 1140. The molecule has 140 valence electrons. The summed E-state index contributed by atoms with van der Waals surface area (Å²) in [5, 5.41) is 28.7. The number of aliphatic imine (C=N–C) groups is 1. The van der Waals surface area contributed by atoms with Gasteiger partial charge in [-0.3, -0.25) is 10.4 Å². The van der Waals surface area contributed by atoms with Gasteiger partial charge in [0.2, 0.25) is 0 Å². The first-order chi connectivity index (χ1) is 13.4. The summed E-state index contributed by atoms with van der Waals surface area (Å²) in [6.45, 7) is 4.10. The quantitative estimate of drug-likeness (QED) is 0.540. The summed E-state index contributed by atoms with van der Waals surface area (Å²) in [4.78, 5) is 19.9. The lowest BCUT2D eigenvalue weighted by atomic mass is 10.1. The first kappa shape index (κ1) is 19.2. The molecular weight excluding hydrogens is 374 g/mol. The van der Waals surface area contributed by atoms with Crippen molar-refractivity contribution in [3.63, 3.8) is 0 Å². The number of hydrogen-bond acceptors (Lipinski definition) is 6. The summed E-state index contributed by atoms with van der Waals surface area (Å²) >= 11 is 1.38. The van der Waals surface area contributed by atoms with Crippen LogP contribution in [0.15, 0.2) is 46.8 Å². The Balaban J connectivity index is 1.87. The van der Waals surface area contributed by atoms with E-state index in [1.165, 1.54) is 46.9 Å². The summed E-state index contributed by atoms with van der Waals surface area (Å²) in [7, 11) is 0. The maximum Gasteiger partial charge on any atom is 0.339 e. The van der Waals surface area contributed by atoms with E-state index in [1.807, 2.05) is 24.4 Å². The van der Waals surface area contributed by atoms with Crippen molar-refractivity contribution in [3.8, 4) is 17.0 Å². The Morgan fingerprint density at radius 2 is 2.00 bits per heavy atom. The third-order valence-electron chi connectivity index (χ3n) is 4.23. The summed E-state index contributed by atoms with van der Waals surface area (Å²) in [6.07, 6.45) is 1.41. The van der Waals surface area contributed by atoms with Crippen LogP contribution < -0.4 is 0 Å². The van der Waals surface area contributed by atoms with Gasteiger partial charge in [0, 0.05) is 17.2 Å². The fraction of sp³-hybridized carbons (Fsp3) is 0.0952. The lowest BCUT2D eigenvalue weighted by molar-refractivity contribution is 0.0694. The number of aromatic nitrogens is 1. The highest BCUT2D eigenvalue weighted by Gasteiger charge is 2.11. The molecule has 0 spiro atoms. The topological polar surface area (TPSA) is 107 Å². The van der Waals surface area contributed by atoms with Crippen LogP contribution in [0.3, 0.4) is 0 Å². The lowest BCUT2D eigenvalue weighted by Crippen LogP contribution is -1.96. The van der Waals surface area contributed by atoms with E-state index >= 15 is 0 Å². The van der Waals surface area contributed by atoms with Crippen LogP contribution in [0.25, 0.3) is 16.8 Å². The van der Waals surface area contributed by atoms with E-state index in [9.17, 15) is 9.90 Å². The second-order valence-electron chi connectivity index (χ2n) is 6.14. The van der Waals surface area contributed by atoms with E-state index in [2.05, 4.69) is 28.8 Å². The Kier molecular flexibility index (Phi) is 5.49. The molecule has 2 aromatic carbocycles. The minimum atomic E-state index is -1.24. The standard InChI is InChI=1S/C21H17N3O3S/c1-12-3-4-14(7-13(12)2)18-11-28-20(24-18)15(9-22)10-23-16-5-6-19(25)17(8-16)21(26)27/h3-8,10-11,22,25H,1-2H3,(H,26,27). The zero-order chi connectivity index (χ0) is 20.3. The molecule has 0 fully saturated rings. The lowest BCUT2D eigenvalue weighted by Gasteiger charge is -2.02. The molecule has 3 rings (SSSR count). The van der Waals surface area contributed by atoms with Crippen LogP contribution in [0, 0.1) is 19.3 Å². The number of phenols is 1. The van der Waals surface area contributed by atoms with Crippen LogP contribution in [0.2, 0.25) is 0 Å². The SMILES string of the molecule is Cc1ccc(-c2csc(C(=C=N)C=Nc3ccc(O)c(C(=O)O)c3)n2)cc1C. The van der Waals surface area contributed by atoms with Crippen LogP contribution in [-0.2, 0) is 0 Å². The number of carbonyl (C=O) groups is 1. The van der Waals surface area contributed by atoms with Gasteiger partial charge >= 0.3 is 5.97 Å². The van der Waals surface area contributed by atoms with Crippen molar-refractivity contribution in [2.45, 2.75) is 13.8 Å². The molecule has 0 aliphatic rings. The number of nitrogens with one attached hydrogen (secondary N) is 1. The molecule has 1 heterocycles. The molecule has 0 amide bonds. The average molecular weight is 391 g/mol. The van der Waals surface area contributed by atoms with E-state index in [0.29, 0.717) is 16.3 Å². The van der Waals surface area contributed by atoms with E-state index in [4.69, 9.17) is 10.5 Å². The highest BCUT2D eigenvalue weighted by atomic mass is 32.1. The summed E-state index contributed by atoms with van der Waals surface area (Å²) in [5.74, 6) is 0.755. The third-order valence-corrected chi connectivity index (χ3v) is 5.10. The summed E-state index contributed by atoms with van der Waals surface area (Å²) in [6, 6.07) is 10.1. The molecule has 0 unspecified atom stereocenters. The molecule has 6 nitrogen and oxygen atoms in total. The minimum absolute atomic E-state index is 0.235. The van der Waals surface area contributed by atoms with Crippen molar-refractivity contribution < 1.29 is 15.0 Å². The van der Waals surface area contributed by atoms with E-state index in [0.717, 1.165) is 11.3 Å². The Morgan fingerprint density at radius 1 is 1.21 bits per heavy atom. The zero-order valence-electron chi connectivity index (χ0n) is 15.2. The number of carboxylic acids is 1. The number of thiazole rings is 1. The van der Waals surface area contributed by atoms with Crippen LogP contribution >= 0.6 is 11.3 Å². The van der Waals surface area contributed by atoms with Crippen molar-refractivity contribution in [1.82, 2.24) is 4.98 Å². The fourth-order valence-corrected chi connectivity index (χ4v) is 3.28. The van der Waals surface area contributed by atoms with Gasteiger partial charge in [-0.15, -0.1) is 11.3 Å². The molecule has 28 heavy (non-hydrogen) atoms. The number of aromatic hydroxyl groups is 1. The largest absolute Gasteiger partial charge is 0.507 e. The molecular formula is C21H17N3O3S. The number of carboxylic acid groups (broad SMARTS) is 1. The number of aromatic carboxylic acids is 1. The Morgan fingerprint density at radius 3 is 2.68 bits per heavy atom. The second-order valence-corrected chi connectivity index (χ2v) is 7.00. The van der Waals surface area contributed by atoms with Gasteiger partial charge in [0.05, 0.1) is 17.0 Å². The van der Waals surface area contributed by atoms with Gasteiger partial charge in [-0.1, -0.05) is 12.1 Å². The highest BCUT2D eigenvalue weighted by Crippen LogP contribution is 2.27. The summed E-state index contributed by atoms with van der Waals surface area (Å²) in [5.41, 5.74) is 4.68. The van der Waals surface area contributed by atoms with Gasteiger partial charge in [0.25, 0.3) is 0 Å². The molecule has 3 N–H and O–H groups in total. The van der Waals surface area contributed by atoms with Crippen LogP contribution in [0.5, 0.6) is 5.75 Å². The van der Waals surface area contributed by atoms with Crippen LogP contribution in [0.1, 0.15) is 26.5 Å². The van der Waals surface area contributed by atoms with Crippen molar-refractivity contribution in [3.05, 3.63) is 63.5 Å². The maximum atomic E-state index is 11.1. The number of nitrogens with zero attached hydrogens (tertiary/aromatic N) is 2. The first-order valence-corrected chi connectivity index (χ1v) is 9.20. The average Bonchev–Trinajstić information content (AvgIpc) is 3.15. The zero-order valence-corrected chi connectivity index (χ0v) is 16.0. The van der Waals surface area contributed by atoms with Crippen molar-refractivity contribution in [1.29, 1.82) is 5.41 Å². The van der Waals surface area contributed by atoms with Crippen molar-refractivity contribution >= 4 is 40.7 Å². The van der Waals surface area contributed by atoms with Crippen molar-refractivity contribution in [2.75, 3.05) is 0 Å². The monoisotopic (exact) mass is 391 g/mol. The van der Waals surface area contributed by atoms with Crippen molar-refractivity contribution in [2.24, 2.45) is 4.99 Å².